The van der Waals surface area contributed by atoms with Crippen LogP contribution in [0, 0.1) is 0 Å². The van der Waals surface area contributed by atoms with Gasteiger partial charge in [0.15, 0.2) is 0 Å². The summed E-state index contributed by atoms with van der Waals surface area (Å²) >= 11 is 0. The molecule has 1 aliphatic heterocycles. The molecule has 1 aromatic rings. The lowest BCUT2D eigenvalue weighted by Gasteiger charge is -2.22. The number of likely N-dealkylation sites (tertiary alicyclic amines) is 1. The van der Waals surface area contributed by atoms with Crippen molar-refractivity contribution in [3.63, 3.8) is 0 Å². The van der Waals surface area contributed by atoms with Gasteiger partial charge in [-0.1, -0.05) is 6.92 Å². The van der Waals surface area contributed by atoms with E-state index in [4.69, 9.17) is 0 Å². The summed E-state index contributed by atoms with van der Waals surface area (Å²) in [5.41, 5.74) is 1.14. The lowest BCUT2D eigenvalue weighted by atomic mass is 10.2. The van der Waals surface area contributed by atoms with Gasteiger partial charge in [0.25, 0.3) is 0 Å². The molecule has 18 heavy (non-hydrogen) atoms. The first-order valence-electron chi connectivity index (χ1n) is 7.19. The van der Waals surface area contributed by atoms with E-state index in [-0.39, 0.29) is 0 Å². The zero-order chi connectivity index (χ0) is 13.0. The second kappa shape index (κ2) is 6.34. The second-order valence-electron chi connectivity index (χ2n) is 5.44. The van der Waals surface area contributed by atoms with E-state index in [1.165, 1.54) is 25.9 Å². The van der Waals surface area contributed by atoms with Crippen LogP contribution in [0.5, 0.6) is 0 Å². The van der Waals surface area contributed by atoms with E-state index in [2.05, 4.69) is 48.3 Å². The van der Waals surface area contributed by atoms with Crippen LogP contribution in [0.4, 0.5) is 0 Å². The van der Waals surface area contributed by atoms with Gasteiger partial charge in [-0.3, -0.25) is 9.58 Å². The molecule has 1 N–H and O–H groups in total. The van der Waals surface area contributed by atoms with Gasteiger partial charge in [-0.25, -0.2) is 0 Å². The third-order valence-electron chi connectivity index (χ3n) is 3.78. The third-order valence-corrected chi connectivity index (χ3v) is 3.78. The fourth-order valence-corrected chi connectivity index (χ4v) is 2.67. The van der Waals surface area contributed by atoms with Crippen molar-refractivity contribution in [2.45, 2.75) is 52.2 Å². The predicted molar refractivity (Wildman–Crippen MR) is 74.6 cm³/mol. The Labute approximate surface area is 110 Å². The Morgan fingerprint density at radius 3 is 3.00 bits per heavy atom. The van der Waals surface area contributed by atoms with Gasteiger partial charge in [-0.05, 0) is 45.8 Å². The lowest BCUT2D eigenvalue weighted by molar-refractivity contribution is 0.259. The van der Waals surface area contributed by atoms with Crippen LogP contribution in [-0.2, 0) is 6.54 Å². The van der Waals surface area contributed by atoms with Crippen LogP contribution in [0.15, 0.2) is 12.3 Å². The Balaban J connectivity index is 1.74. The quantitative estimate of drug-likeness (QED) is 0.838. The molecule has 4 heteroatoms. The first-order valence-corrected chi connectivity index (χ1v) is 7.19. The first-order chi connectivity index (χ1) is 8.70. The van der Waals surface area contributed by atoms with Crippen molar-refractivity contribution in [3.8, 4) is 0 Å². The van der Waals surface area contributed by atoms with E-state index >= 15 is 0 Å². The van der Waals surface area contributed by atoms with E-state index in [0.717, 1.165) is 24.8 Å². The van der Waals surface area contributed by atoms with Crippen molar-refractivity contribution >= 4 is 0 Å². The van der Waals surface area contributed by atoms with Gasteiger partial charge in [-0.15, -0.1) is 0 Å². The van der Waals surface area contributed by atoms with E-state index < -0.39 is 0 Å². The van der Waals surface area contributed by atoms with Crippen molar-refractivity contribution in [1.29, 1.82) is 0 Å². The monoisotopic (exact) mass is 250 g/mol. The molecule has 0 aliphatic carbocycles. The van der Waals surface area contributed by atoms with Crippen molar-refractivity contribution in [2.24, 2.45) is 0 Å². The van der Waals surface area contributed by atoms with E-state index in [1.54, 1.807) is 0 Å². The fraction of sp³-hybridized carbons (Fsp3) is 0.786. The predicted octanol–water partition coefficient (Wildman–Crippen LogP) is 2.04. The molecule has 1 unspecified atom stereocenters. The summed E-state index contributed by atoms with van der Waals surface area (Å²) in [7, 11) is 0. The molecular formula is C14H26N4. The highest BCUT2D eigenvalue weighted by Gasteiger charge is 2.22. The molecule has 0 saturated carbocycles. The number of nitrogens with zero attached hydrogens (tertiary/aromatic N) is 3. The Kier molecular flexibility index (Phi) is 4.78. The smallest absolute Gasteiger partial charge is 0.0762 e. The van der Waals surface area contributed by atoms with E-state index in [0.29, 0.717) is 6.04 Å². The highest BCUT2D eigenvalue weighted by molar-refractivity contribution is 4.99. The molecule has 1 saturated heterocycles. The number of rotatable bonds is 6. The Hall–Kier alpha value is -0.870. The van der Waals surface area contributed by atoms with Crippen molar-refractivity contribution in [2.75, 3.05) is 19.6 Å². The normalized spacial score (nSPS) is 21.0. The molecule has 1 atom stereocenters. The minimum Gasteiger partial charge on any atom is -0.310 e. The summed E-state index contributed by atoms with van der Waals surface area (Å²) < 4.78 is 2.02. The van der Waals surface area contributed by atoms with Gasteiger partial charge < -0.3 is 5.32 Å². The second-order valence-corrected chi connectivity index (χ2v) is 5.44. The summed E-state index contributed by atoms with van der Waals surface area (Å²) in [6.45, 7) is 11.0. The molecule has 0 bridgehead atoms. The van der Waals surface area contributed by atoms with Crippen LogP contribution >= 0.6 is 0 Å². The van der Waals surface area contributed by atoms with Gasteiger partial charge >= 0.3 is 0 Å². The van der Waals surface area contributed by atoms with Gasteiger partial charge in [0.1, 0.15) is 0 Å². The number of likely N-dealkylation sites (N-methyl/N-ethyl adjacent to an activating group) is 1. The Morgan fingerprint density at radius 2 is 2.33 bits per heavy atom. The molecule has 2 heterocycles. The van der Waals surface area contributed by atoms with Crippen molar-refractivity contribution < 1.29 is 0 Å². The Morgan fingerprint density at radius 1 is 1.50 bits per heavy atom. The standard InChI is InChI=1S/C14H26N4/c1-4-17-8-5-6-14(17)11-15-10-13-7-9-18(16-13)12(2)3/h7,9,12,14-15H,4-6,8,10-11H2,1-3H3. The van der Waals surface area contributed by atoms with Crippen LogP contribution in [0.2, 0.25) is 0 Å². The topological polar surface area (TPSA) is 33.1 Å². The molecule has 0 spiro atoms. The zero-order valence-corrected chi connectivity index (χ0v) is 11.9. The van der Waals surface area contributed by atoms with Gasteiger partial charge in [0.2, 0.25) is 0 Å². The van der Waals surface area contributed by atoms with E-state index in [1.807, 2.05) is 4.68 Å². The molecule has 0 amide bonds. The Bertz CT molecular complexity index is 358. The summed E-state index contributed by atoms with van der Waals surface area (Å²) in [6.07, 6.45) is 4.75. The highest BCUT2D eigenvalue weighted by atomic mass is 15.3. The van der Waals surface area contributed by atoms with E-state index in [9.17, 15) is 0 Å². The van der Waals surface area contributed by atoms with Crippen LogP contribution in [0.25, 0.3) is 0 Å². The van der Waals surface area contributed by atoms with Crippen LogP contribution < -0.4 is 5.32 Å². The van der Waals surface area contributed by atoms with Gasteiger partial charge in [0.05, 0.1) is 5.69 Å². The molecule has 0 aromatic carbocycles. The summed E-state index contributed by atoms with van der Waals surface area (Å²) in [5, 5.41) is 8.10. The summed E-state index contributed by atoms with van der Waals surface area (Å²) in [4.78, 5) is 2.57. The molecule has 1 fully saturated rings. The van der Waals surface area contributed by atoms with Gasteiger partial charge in [0, 0.05) is 31.4 Å². The number of aromatic nitrogens is 2. The van der Waals surface area contributed by atoms with Crippen LogP contribution in [0.3, 0.4) is 0 Å². The average molecular weight is 250 g/mol. The van der Waals surface area contributed by atoms with Crippen molar-refractivity contribution in [3.05, 3.63) is 18.0 Å². The summed E-state index contributed by atoms with van der Waals surface area (Å²) in [5.74, 6) is 0. The maximum Gasteiger partial charge on any atom is 0.0762 e. The number of hydrogen-bond acceptors (Lipinski definition) is 3. The average Bonchev–Trinajstić information content (AvgIpc) is 2.97. The highest BCUT2D eigenvalue weighted by Crippen LogP contribution is 2.15. The fourth-order valence-electron chi connectivity index (χ4n) is 2.67. The molecule has 1 aromatic heterocycles. The lowest BCUT2D eigenvalue weighted by Crippen LogP contribution is -2.37. The maximum absolute atomic E-state index is 4.55. The zero-order valence-electron chi connectivity index (χ0n) is 11.9. The molecule has 102 valence electrons. The minimum atomic E-state index is 0.448. The van der Waals surface area contributed by atoms with Crippen LogP contribution in [0.1, 0.15) is 45.3 Å². The molecule has 4 nitrogen and oxygen atoms in total. The maximum atomic E-state index is 4.55. The minimum absolute atomic E-state index is 0.448. The first kappa shape index (κ1) is 13.6. The number of nitrogens with one attached hydrogen (secondary N) is 1. The molecule has 2 rings (SSSR count). The summed E-state index contributed by atoms with van der Waals surface area (Å²) in [6, 6.07) is 3.28. The SMILES string of the molecule is CCN1CCCC1CNCc1ccn(C(C)C)n1. The van der Waals surface area contributed by atoms with Crippen molar-refractivity contribution in [1.82, 2.24) is 20.0 Å². The molecule has 1 aliphatic rings. The van der Waals surface area contributed by atoms with Gasteiger partial charge in [-0.2, -0.15) is 5.10 Å². The molecular weight excluding hydrogens is 224 g/mol. The largest absolute Gasteiger partial charge is 0.310 e. The van der Waals surface area contributed by atoms with Crippen LogP contribution in [-0.4, -0.2) is 40.4 Å². The molecule has 0 radical (unpaired) electrons. The number of hydrogen-bond donors (Lipinski definition) is 1. The third kappa shape index (κ3) is 3.33.